The van der Waals surface area contributed by atoms with Gasteiger partial charge in [-0.1, -0.05) is 50.3 Å². The molecule has 4 rings (SSSR count). The molecule has 0 amide bonds. The fourth-order valence-corrected chi connectivity index (χ4v) is 5.63. The van der Waals surface area contributed by atoms with Crippen molar-refractivity contribution in [1.82, 2.24) is 14.8 Å². The lowest BCUT2D eigenvalue weighted by Crippen LogP contribution is -2.20. The minimum Gasteiger partial charge on any atom is -0.494 e. The van der Waals surface area contributed by atoms with Crippen molar-refractivity contribution < 1.29 is 13.2 Å². The SMILES string of the molecule is CCOc1ccc2nc(NS(=O)(=O)c3cn(-c4ccccc4)nc3C(C)(C)C)sc2c1. The Labute approximate surface area is 185 Å². The molecule has 0 saturated carbocycles. The van der Waals surface area contributed by atoms with Crippen LogP contribution in [-0.2, 0) is 15.4 Å². The molecule has 9 heteroatoms. The van der Waals surface area contributed by atoms with Gasteiger partial charge in [-0.25, -0.2) is 18.1 Å². The highest BCUT2D eigenvalue weighted by Gasteiger charge is 2.31. The summed E-state index contributed by atoms with van der Waals surface area (Å²) in [4.78, 5) is 4.56. The molecule has 162 valence electrons. The van der Waals surface area contributed by atoms with Crippen molar-refractivity contribution >= 4 is 36.7 Å². The molecule has 1 N–H and O–H groups in total. The predicted molar refractivity (Wildman–Crippen MR) is 124 cm³/mol. The number of benzene rings is 2. The van der Waals surface area contributed by atoms with Crippen LogP contribution >= 0.6 is 11.3 Å². The Balaban J connectivity index is 1.73. The number of rotatable bonds is 6. The van der Waals surface area contributed by atoms with Crippen LogP contribution in [0, 0.1) is 0 Å². The summed E-state index contributed by atoms with van der Waals surface area (Å²) >= 11 is 1.27. The van der Waals surface area contributed by atoms with Crippen LogP contribution in [0.2, 0.25) is 0 Å². The minimum absolute atomic E-state index is 0.137. The smallest absolute Gasteiger partial charge is 0.267 e. The Bertz CT molecular complexity index is 1320. The Kier molecular flexibility index (Phi) is 5.49. The number of para-hydroxylation sites is 1. The van der Waals surface area contributed by atoms with E-state index in [4.69, 9.17) is 4.74 Å². The molecule has 0 aliphatic carbocycles. The van der Waals surface area contributed by atoms with Gasteiger partial charge in [0.2, 0.25) is 0 Å². The normalized spacial score (nSPS) is 12.3. The number of fused-ring (bicyclic) bond motifs is 1. The molecule has 0 radical (unpaired) electrons. The summed E-state index contributed by atoms with van der Waals surface area (Å²) in [6.45, 7) is 8.30. The third-order valence-corrected chi connectivity index (χ3v) is 7.00. The number of nitrogens with zero attached hydrogens (tertiary/aromatic N) is 3. The minimum atomic E-state index is -3.90. The van der Waals surface area contributed by atoms with Gasteiger partial charge in [0.05, 0.1) is 34.4 Å². The molecule has 2 aromatic heterocycles. The van der Waals surface area contributed by atoms with Crippen LogP contribution in [-0.4, -0.2) is 29.8 Å². The summed E-state index contributed by atoms with van der Waals surface area (Å²) in [5, 5.41) is 4.90. The van der Waals surface area contributed by atoms with Gasteiger partial charge in [-0.3, -0.25) is 4.72 Å². The number of nitrogens with one attached hydrogen (secondary N) is 1. The second kappa shape index (κ2) is 7.97. The number of anilines is 1. The molecule has 31 heavy (non-hydrogen) atoms. The van der Waals surface area contributed by atoms with Crippen molar-refractivity contribution in [3.05, 3.63) is 60.4 Å². The van der Waals surface area contributed by atoms with Gasteiger partial charge in [-0.15, -0.1) is 0 Å². The topological polar surface area (TPSA) is 86.1 Å². The van der Waals surface area contributed by atoms with E-state index in [1.807, 2.05) is 76.2 Å². The standard InChI is InChI=1S/C22H24N4O3S2/c1-5-29-16-11-12-17-18(13-16)30-21(23-17)25-31(27,28)19-14-26(15-9-7-6-8-10-15)24-20(19)22(2,3)4/h6-14H,5H2,1-4H3,(H,23,25). The molecule has 0 spiro atoms. The van der Waals surface area contributed by atoms with Gasteiger partial charge in [-0.2, -0.15) is 5.10 Å². The largest absolute Gasteiger partial charge is 0.494 e. The fraction of sp³-hybridized carbons (Fsp3) is 0.273. The summed E-state index contributed by atoms with van der Waals surface area (Å²) in [6.07, 6.45) is 1.55. The van der Waals surface area contributed by atoms with Gasteiger partial charge < -0.3 is 4.74 Å². The van der Waals surface area contributed by atoms with Crippen LogP contribution in [0.3, 0.4) is 0 Å². The summed E-state index contributed by atoms with van der Waals surface area (Å²) in [6, 6.07) is 15.0. The lowest BCUT2D eigenvalue weighted by molar-refractivity contribution is 0.341. The van der Waals surface area contributed by atoms with Crippen LogP contribution in [0.4, 0.5) is 5.13 Å². The number of ether oxygens (including phenoxy) is 1. The molecule has 0 aliphatic rings. The van der Waals surface area contributed by atoms with E-state index in [0.29, 0.717) is 22.9 Å². The van der Waals surface area contributed by atoms with Crippen molar-refractivity contribution in [1.29, 1.82) is 0 Å². The van der Waals surface area contributed by atoms with Crippen LogP contribution in [0.25, 0.3) is 15.9 Å². The lowest BCUT2D eigenvalue weighted by Gasteiger charge is -2.17. The summed E-state index contributed by atoms with van der Waals surface area (Å²) in [5.74, 6) is 0.729. The number of hydrogen-bond donors (Lipinski definition) is 1. The maximum Gasteiger partial charge on any atom is 0.267 e. The van der Waals surface area contributed by atoms with Crippen LogP contribution < -0.4 is 9.46 Å². The maximum absolute atomic E-state index is 13.3. The quantitative estimate of drug-likeness (QED) is 0.442. The predicted octanol–water partition coefficient (Wildman–Crippen LogP) is 4.98. The average Bonchev–Trinajstić information content (AvgIpc) is 3.32. The Hall–Kier alpha value is -2.91. The number of sulfonamides is 1. The summed E-state index contributed by atoms with van der Waals surface area (Å²) in [5.41, 5.74) is 1.52. The molecular weight excluding hydrogens is 432 g/mol. The first kappa shape index (κ1) is 21.3. The fourth-order valence-electron chi connectivity index (χ4n) is 3.16. The first-order valence-corrected chi connectivity index (χ1v) is 12.2. The Morgan fingerprint density at radius 2 is 1.87 bits per heavy atom. The van der Waals surface area contributed by atoms with Gasteiger partial charge in [0.15, 0.2) is 5.13 Å². The molecule has 0 saturated heterocycles. The van der Waals surface area contributed by atoms with Crippen LogP contribution in [0.15, 0.2) is 59.6 Å². The maximum atomic E-state index is 13.3. The highest BCUT2D eigenvalue weighted by molar-refractivity contribution is 7.93. The first-order valence-electron chi connectivity index (χ1n) is 9.89. The second-order valence-corrected chi connectivity index (χ2v) is 10.7. The van der Waals surface area contributed by atoms with Crippen molar-refractivity contribution in [2.24, 2.45) is 0 Å². The van der Waals surface area contributed by atoms with Crippen molar-refractivity contribution in [3.8, 4) is 11.4 Å². The molecule has 7 nitrogen and oxygen atoms in total. The molecule has 0 atom stereocenters. The molecule has 0 bridgehead atoms. The number of hydrogen-bond acceptors (Lipinski definition) is 6. The second-order valence-electron chi connectivity index (χ2n) is 8.06. The third-order valence-electron chi connectivity index (χ3n) is 4.59. The van der Waals surface area contributed by atoms with E-state index in [1.54, 1.807) is 10.9 Å². The molecule has 4 aromatic rings. The van der Waals surface area contributed by atoms with Crippen LogP contribution in [0.5, 0.6) is 5.75 Å². The number of thiazole rings is 1. The van der Waals surface area contributed by atoms with E-state index in [2.05, 4.69) is 14.8 Å². The van der Waals surface area contributed by atoms with Crippen molar-refractivity contribution in [2.75, 3.05) is 11.3 Å². The van der Waals surface area contributed by atoms with E-state index >= 15 is 0 Å². The van der Waals surface area contributed by atoms with Gasteiger partial charge >= 0.3 is 0 Å². The highest BCUT2D eigenvalue weighted by atomic mass is 32.2. The van der Waals surface area contributed by atoms with Gasteiger partial charge in [-0.05, 0) is 37.3 Å². The number of aromatic nitrogens is 3. The molecule has 2 aromatic carbocycles. The zero-order valence-corrected chi connectivity index (χ0v) is 19.4. The van der Waals surface area contributed by atoms with Crippen molar-refractivity contribution in [2.45, 2.75) is 38.0 Å². The third kappa shape index (κ3) is 4.42. The highest BCUT2D eigenvalue weighted by Crippen LogP contribution is 2.33. The molecule has 0 aliphatic heterocycles. The van der Waals surface area contributed by atoms with Crippen molar-refractivity contribution in [3.63, 3.8) is 0 Å². The summed E-state index contributed by atoms with van der Waals surface area (Å²) < 4.78 is 37.3. The summed E-state index contributed by atoms with van der Waals surface area (Å²) in [7, 11) is -3.90. The van der Waals surface area contributed by atoms with Crippen LogP contribution in [0.1, 0.15) is 33.4 Å². The van der Waals surface area contributed by atoms with E-state index in [0.717, 1.165) is 16.1 Å². The van der Waals surface area contributed by atoms with E-state index in [1.165, 1.54) is 11.3 Å². The first-order chi connectivity index (χ1) is 14.7. The molecule has 0 unspecified atom stereocenters. The van der Waals surface area contributed by atoms with Gasteiger partial charge in [0, 0.05) is 5.41 Å². The molecule has 2 heterocycles. The molecule has 0 fully saturated rings. The monoisotopic (exact) mass is 456 g/mol. The van der Waals surface area contributed by atoms with E-state index in [-0.39, 0.29) is 4.90 Å². The van der Waals surface area contributed by atoms with E-state index < -0.39 is 15.4 Å². The molecular formula is C22H24N4O3S2. The zero-order valence-electron chi connectivity index (χ0n) is 17.8. The Morgan fingerprint density at radius 3 is 2.55 bits per heavy atom. The average molecular weight is 457 g/mol. The van der Waals surface area contributed by atoms with Gasteiger partial charge in [0.25, 0.3) is 10.0 Å². The van der Waals surface area contributed by atoms with E-state index in [9.17, 15) is 8.42 Å². The Morgan fingerprint density at radius 1 is 1.13 bits per heavy atom. The van der Waals surface area contributed by atoms with Gasteiger partial charge in [0.1, 0.15) is 10.6 Å². The lowest BCUT2D eigenvalue weighted by atomic mass is 9.92. The zero-order chi connectivity index (χ0) is 22.2.